The Balaban J connectivity index is 1.81. The van der Waals surface area contributed by atoms with Gasteiger partial charge in [-0.3, -0.25) is 4.79 Å². The Bertz CT molecular complexity index is 457. The molecule has 0 saturated carbocycles. The van der Waals surface area contributed by atoms with Crippen molar-refractivity contribution in [3.8, 4) is 0 Å². The average molecular weight is 249 g/mol. The summed E-state index contributed by atoms with van der Waals surface area (Å²) in [6.07, 6.45) is 2.57. The molecule has 6 heteroatoms. The molecule has 2 aliphatic heterocycles. The molecule has 0 radical (unpaired) electrons. The van der Waals surface area contributed by atoms with Crippen LogP contribution in [0, 0.1) is 11.8 Å². The van der Waals surface area contributed by atoms with Crippen molar-refractivity contribution in [2.75, 3.05) is 19.6 Å². The second kappa shape index (κ2) is 4.35. The number of rotatable bonds is 2. The first-order chi connectivity index (χ1) is 8.70. The van der Waals surface area contributed by atoms with Gasteiger partial charge in [0.2, 0.25) is 0 Å². The molecule has 0 bridgehead atoms. The number of likely N-dealkylation sites (tertiary alicyclic amines) is 1. The van der Waals surface area contributed by atoms with Gasteiger partial charge in [-0.25, -0.2) is 0 Å². The van der Waals surface area contributed by atoms with E-state index in [0.717, 1.165) is 26.1 Å². The van der Waals surface area contributed by atoms with Crippen LogP contribution in [0.25, 0.3) is 0 Å². The zero-order valence-electron chi connectivity index (χ0n) is 10.8. The van der Waals surface area contributed by atoms with Crippen LogP contribution >= 0.6 is 0 Å². The summed E-state index contributed by atoms with van der Waals surface area (Å²) < 4.78 is 0. The summed E-state index contributed by atoms with van der Waals surface area (Å²) in [4.78, 5) is 15.9. The third-order valence-corrected chi connectivity index (χ3v) is 4.22. The van der Waals surface area contributed by atoms with Crippen LogP contribution < -0.4 is 5.32 Å². The molecule has 18 heavy (non-hydrogen) atoms. The average Bonchev–Trinajstić information content (AvgIpc) is 3.01. The summed E-state index contributed by atoms with van der Waals surface area (Å²) in [6.45, 7) is 5.08. The van der Waals surface area contributed by atoms with Crippen molar-refractivity contribution in [1.82, 2.24) is 25.2 Å². The van der Waals surface area contributed by atoms with Gasteiger partial charge in [0.25, 0.3) is 5.91 Å². The van der Waals surface area contributed by atoms with Crippen LogP contribution in [0.2, 0.25) is 0 Å². The van der Waals surface area contributed by atoms with Crippen LogP contribution in [0.15, 0.2) is 6.20 Å². The maximum absolute atomic E-state index is 12.5. The fourth-order valence-corrected chi connectivity index (χ4v) is 3.37. The summed E-state index contributed by atoms with van der Waals surface area (Å²) in [6, 6.07) is 0.347. The van der Waals surface area contributed by atoms with Gasteiger partial charge in [-0.15, -0.1) is 5.10 Å². The van der Waals surface area contributed by atoms with Gasteiger partial charge in [-0.1, -0.05) is 6.92 Å². The fraction of sp³-hybridized carbons (Fsp3) is 0.750. The highest BCUT2D eigenvalue weighted by molar-refractivity contribution is 5.92. The molecule has 0 aromatic carbocycles. The van der Waals surface area contributed by atoms with Crippen LogP contribution in [0.5, 0.6) is 0 Å². The van der Waals surface area contributed by atoms with Crippen molar-refractivity contribution in [1.29, 1.82) is 0 Å². The number of hydrogen-bond acceptors (Lipinski definition) is 4. The maximum atomic E-state index is 12.5. The Kier molecular flexibility index (Phi) is 2.81. The number of aromatic nitrogens is 3. The summed E-state index contributed by atoms with van der Waals surface area (Å²) in [7, 11) is 1.73. The van der Waals surface area contributed by atoms with E-state index in [9.17, 15) is 4.79 Å². The number of nitrogens with zero attached hydrogens (tertiary/aromatic N) is 4. The van der Waals surface area contributed by atoms with E-state index >= 15 is 0 Å². The molecule has 2 fully saturated rings. The maximum Gasteiger partial charge on any atom is 0.276 e. The molecule has 2 saturated heterocycles. The largest absolute Gasteiger partial charge is 0.334 e. The van der Waals surface area contributed by atoms with E-state index in [4.69, 9.17) is 0 Å². The lowest BCUT2D eigenvalue weighted by Gasteiger charge is -2.26. The van der Waals surface area contributed by atoms with Crippen molar-refractivity contribution >= 4 is 5.91 Å². The van der Waals surface area contributed by atoms with Gasteiger partial charge < -0.3 is 10.2 Å². The first-order valence-electron chi connectivity index (χ1n) is 6.58. The zero-order valence-corrected chi connectivity index (χ0v) is 10.8. The van der Waals surface area contributed by atoms with Gasteiger partial charge in [0.1, 0.15) is 0 Å². The summed E-state index contributed by atoms with van der Waals surface area (Å²) >= 11 is 0. The number of hydrogen-bond donors (Lipinski definition) is 1. The van der Waals surface area contributed by atoms with Crippen LogP contribution in [0.3, 0.4) is 0 Å². The molecule has 1 N–H and O–H groups in total. The molecular weight excluding hydrogens is 230 g/mol. The molecule has 2 aliphatic rings. The van der Waals surface area contributed by atoms with Crippen molar-refractivity contribution in [3.05, 3.63) is 11.9 Å². The number of nitrogens with one attached hydrogen (secondary N) is 1. The number of fused-ring (bicyclic) bond motifs is 1. The Morgan fingerprint density at radius 3 is 3.06 bits per heavy atom. The predicted molar refractivity (Wildman–Crippen MR) is 66.0 cm³/mol. The van der Waals surface area contributed by atoms with E-state index in [0.29, 0.717) is 23.6 Å². The highest BCUT2D eigenvalue weighted by Crippen LogP contribution is 2.34. The molecular formula is C12H19N5O. The van der Waals surface area contributed by atoms with E-state index in [1.807, 2.05) is 4.90 Å². The van der Waals surface area contributed by atoms with Crippen molar-refractivity contribution in [2.24, 2.45) is 18.9 Å². The monoisotopic (exact) mass is 249 g/mol. The molecule has 3 heterocycles. The van der Waals surface area contributed by atoms with Gasteiger partial charge in [-0.05, 0) is 18.3 Å². The van der Waals surface area contributed by atoms with Gasteiger partial charge in [0.15, 0.2) is 5.69 Å². The number of carbonyl (C=O) groups is 1. The molecule has 3 unspecified atom stereocenters. The minimum Gasteiger partial charge on any atom is -0.334 e. The Morgan fingerprint density at radius 1 is 1.56 bits per heavy atom. The molecule has 6 nitrogen and oxygen atoms in total. The molecule has 3 atom stereocenters. The van der Waals surface area contributed by atoms with Crippen molar-refractivity contribution in [3.63, 3.8) is 0 Å². The predicted octanol–water partition coefficient (Wildman–Crippen LogP) is -0.115. The van der Waals surface area contributed by atoms with Gasteiger partial charge in [0.05, 0.1) is 6.20 Å². The van der Waals surface area contributed by atoms with E-state index < -0.39 is 0 Å². The molecule has 3 rings (SSSR count). The summed E-state index contributed by atoms with van der Waals surface area (Å²) in [5.41, 5.74) is 0.462. The Morgan fingerprint density at radius 2 is 2.39 bits per heavy atom. The smallest absolute Gasteiger partial charge is 0.276 e. The Hall–Kier alpha value is -1.43. The molecule has 1 amide bonds. The number of amides is 1. The minimum atomic E-state index is 0.0318. The third kappa shape index (κ3) is 1.71. The topological polar surface area (TPSA) is 63.1 Å². The van der Waals surface area contributed by atoms with E-state index in [2.05, 4.69) is 22.4 Å². The highest BCUT2D eigenvalue weighted by atomic mass is 16.2. The quantitative estimate of drug-likeness (QED) is 0.794. The van der Waals surface area contributed by atoms with Crippen LogP contribution in [-0.4, -0.2) is 51.5 Å². The normalized spacial score (nSPS) is 30.8. The van der Waals surface area contributed by atoms with Crippen LogP contribution in [-0.2, 0) is 7.05 Å². The van der Waals surface area contributed by atoms with E-state index in [1.165, 1.54) is 4.80 Å². The summed E-state index contributed by atoms with van der Waals surface area (Å²) in [5, 5.41) is 11.5. The van der Waals surface area contributed by atoms with Gasteiger partial charge in [0, 0.05) is 32.7 Å². The molecule has 1 aromatic rings. The SMILES string of the molecule is CCC1C2CNCC2CN1C(=O)c1cnn(C)n1. The third-order valence-electron chi connectivity index (χ3n) is 4.22. The molecule has 0 aliphatic carbocycles. The molecule has 1 aromatic heterocycles. The van der Waals surface area contributed by atoms with E-state index in [-0.39, 0.29) is 5.91 Å². The molecule has 0 spiro atoms. The van der Waals surface area contributed by atoms with Crippen LogP contribution in [0.1, 0.15) is 23.8 Å². The standard InChI is InChI=1S/C12H19N5O/c1-3-11-9-5-13-4-8(9)7-17(11)12(18)10-6-14-16(2)15-10/h6,8-9,11,13H,3-5,7H2,1-2H3. The van der Waals surface area contributed by atoms with E-state index in [1.54, 1.807) is 13.2 Å². The number of carbonyl (C=O) groups excluding carboxylic acids is 1. The minimum absolute atomic E-state index is 0.0318. The van der Waals surface area contributed by atoms with Crippen LogP contribution in [0.4, 0.5) is 0 Å². The Labute approximate surface area is 106 Å². The van der Waals surface area contributed by atoms with Crippen molar-refractivity contribution < 1.29 is 4.79 Å². The summed E-state index contributed by atoms with van der Waals surface area (Å²) in [5.74, 6) is 1.25. The molecule has 98 valence electrons. The van der Waals surface area contributed by atoms with Gasteiger partial charge >= 0.3 is 0 Å². The number of aryl methyl sites for hydroxylation is 1. The zero-order chi connectivity index (χ0) is 12.7. The first kappa shape index (κ1) is 11.6. The second-order valence-electron chi connectivity index (χ2n) is 5.23. The fourth-order valence-electron chi connectivity index (χ4n) is 3.37. The lowest BCUT2D eigenvalue weighted by Crippen LogP contribution is -2.39. The lowest BCUT2D eigenvalue weighted by atomic mass is 9.93. The second-order valence-corrected chi connectivity index (χ2v) is 5.23. The lowest BCUT2D eigenvalue weighted by molar-refractivity contribution is 0.0705. The van der Waals surface area contributed by atoms with Crippen molar-refractivity contribution in [2.45, 2.75) is 19.4 Å². The first-order valence-corrected chi connectivity index (χ1v) is 6.58. The highest BCUT2D eigenvalue weighted by Gasteiger charge is 2.45. The van der Waals surface area contributed by atoms with Gasteiger partial charge in [-0.2, -0.15) is 9.90 Å².